The van der Waals surface area contributed by atoms with E-state index >= 15 is 0 Å². The lowest BCUT2D eigenvalue weighted by atomic mass is 10.1. The van der Waals surface area contributed by atoms with Crippen molar-refractivity contribution in [3.63, 3.8) is 0 Å². The van der Waals surface area contributed by atoms with Gasteiger partial charge in [0.05, 0.1) is 17.1 Å². The standard InChI is InChI=1S/C29H28F3NO3S3/c1-3-38(27-12-8-7-11-25(27)29(30,31)32)33(18-21-9-5-4-6-10-21)19-24-15-16-26(37-24)22-13-14-23(20-34)28(17-22)39(2,35)36/h3-17,34H,18-20H2,1-2H3. The molecule has 1 aromatic heterocycles. The third-order valence-corrected chi connectivity index (χ3v) is 10.4. The van der Waals surface area contributed by atoms with E-state index in [9.17, 15) is 26.7 Å². The van der Waals surface area contributed by atoms with Crippen molar-refractivity contribution in [3.8, 4) is 10.4 Å². The highest BCUT2D eigenvalue weighted by molar-refractivity contribution is 8.13. The summed E-state index contributed by atoms with van der Waals surface area (Å²) in [6, 6.07) is 24.1. The zero-order valence-corrected chi connectivity index (χ0v) is 23.8. The summed E-state index contributed by atoms with van der Waals surface area (Å²) in [6.07, 6.45) is -3.37. The molecule has 0 aliphatic rings. The first-order valence-corrected chi connectivity index (χ1v) is 16.0. The molecule has 0 aliphatic carbocycles. The number of aliphatic hydroxyl groups is 1. The zero-order valence-electron chi connectivity index (χ0n) is 21.4. The zero-order chi connectivity index (χ0) is 28.2. The Morgan fingerprint density at radius 2 is 1.64 bits per heavy atom. The van der Waals surface area contributed by atoms with Crippen LogP contribution in [0.3, 0.4) is 0 Å². The van der Waals surface area contributed by atoms with Gasteiger partial charge < -0.3 is 5.11 Å². The van der Waals surface area contributed by atoms with Crippen molar-refractivity contribution in [2.45, 2.75) is 42.6 Å². The second-order valence-electron chi connectivity index (χ2n) is 8.85. The maximum Gasteiger partial charge on any atom is 0.417 e. The number of thiophene rings is 1. The predicted octanol–water partition coefficient (Wildman–Crippen LogP) is 7.40. The van der Waals surface area contributed by atoms with Crippen LogP contribution in [0, 0.1) is 0 Å². The summed E-state index contributed by atoms with van der Waals surface area (Å²) < 4.78 is 68.4. The molecular formula is C29H28F3NO3S3. The molecule has 0 spiro atoms. The van der Waals surface area contributed by atoms with Gasteiger partial charge in [0.25, 0.3) is 0 Å². The van der Waals surface area contributed by atoms with Gasteiger partial charge in [-0.25, -0.2) is 12.7 Å². The monoisotopic (exact) mass is 591 g/mol. The van der Waals surface area contributed by atoms with E-state index in [-0.39, 0.29) is 16.4 Å². The summed E-state index contributed by atoms with van der Waals surface area (Å²) in [5.74, 6) is 0. The molecule has 0 radical (unpaired) electrons. The van der Waals surface area contributed by atoms with Crippen LogP contribution in [0.5, 0.6) is 0 Å². The lowest BCUT2D eigenvalue weighted by Gasteiger charge is -2.28. The Balaban J connectivity index is 1.72. The maximum atomic E-state index is 13.9. The fraction of sp³-hybridized carbons (Fsp3) is 0.207. The van der Waals surface area contributed by atoms with E-state index < -0.39 is 32.2 Å². The summed E-state index contributed by atoms with van der Waals surface area (Å²) in [5, 5.41) is 11.4. The molecule has 1 atom stereocenters. The normalized spacial score (nSPS) is 13.2. The number of halogens is 3. The molecule has 10 heteroatoms. The molecule has 1 unspecified atom stereocenters. The highest BCUT2D eigenvalue weighted by Gasteiger charge is 2.34. The Labute approximate surface area is 233 Å². The van der Waals surface area contributed by atoms with Gasteiger partial charge in [0, 0.05) is 34.0 Å². The minimum atomic E-state index is -4.47. The molecule has 0 fully saturated rings. The van der Waals surface area contributed by atoms with Crippen LogP contribution in [-0.2, 0) is 35.7 Å². The van der Waals surface area contributed by atoms with E-state index in [2.05, 4.69) is 0 Å². The quantitative estimate of drug-likeness (QED) is 0.206. The number of benzene rings is 3. The van der Waals surface area contributed by atoms with E-state index in [4.69, 9.17) is 0 Å². The topological polar surface area (TPSA) is 57.6 Å². The van der Waals surface area contributed by atoms with Crippen LogP contribution >= 0.6 is 22.0 Å². The summed E-state index contributed by atoms with van der Waals surface area (Å²) in [4.78, 5) is 2.05. The van der Waals surface area contributed by atoms with Crippen LogP contribution in [0.2, 0.25) is 0 Å². The van der Waals surface area contributed by atoms with Gasteiger partial charge in [0.2, 0.25) is 0 Å². The number of hydrogen-bond donors (Lipinski definition) is 1. The van der Waals surface area contributed by atoms with Gasteiger partial charge in [-0.1, -0.05) is 65.3 Å². The van der Waals surface area contributed by atoms with Crippen molar-refractivity contribution >= 4 is 37.2 Å². The minimum absolute atomic E-state index is 0.0778. The number of alkyl halides is 3. The van der Waals surface area contributed by atoms with Crippen molar-refractivity contribution in [1.29, 1.82) is 0 Å². The van der Waals surface area contributed by atoms with Gasteiger partial charge >= 0.3 is 6.18 Å². The first kappa shape index (κ1) is 29.2. The van der Waals surface area contributed by atoms with E-state index in [1.54, 1.807) is 37.3 Å². The molecule has 0 bridgehead atoms. The average Bonchev–Trinajstić information content (AvgIpc) is 3.37. The van der Waals surface area contributed by atoms with Crippen molar-refractivity contribution in [3.05, 3.63) is 106 Å². The van der Waals surface area contributed by atoms with Gasteiger partial charge in [0.15, 0.2) is 9.84 Å². The molecule has 0 saturated heterocycles. The van der Waals surface area contributed by atoms with E-state index in [0.717, 1.165) is 27.6 Å². The van der Waals surface area contributed by atoms with Crippen LogP contribution in [0.25, 0.3) is 10.4 Å². The Bertz CT molecular complexity index is 1580. The molecule has 3 aromatic carbocycles. The molecular weight excluding hydrogens is 564 g/mol. The first-order chi connectivity index (χ1) is 18.5. The highest BCUT2D eigenvalue weighted by Crippen LogP contribution is 2.43. The number of rotatable bonds is 9. The molecule has 206 valence electrons. The van der Waals surface area contributed by atoms with Crippen molar-refractivity contribution in [1.82, 2.24) is 4.31 Å². The van der Waals surface area contributed by atoms with Crippen molar-refractivity contribution < 1.29 is 26.7 Å². The number of hydrogen-bond acceptors (Lipinski definition) is 5. The highest BCUT2D eigenvalue weighted by atomic mass is 32.2. The molecule has 0 amide bonds. The molecule has 4 nitrogen and oxygen atoms in total. The van der Waals surface area contributed by atoms with Gasteiger partial charge in [-0.3, -0.25) is 0 Å². The minimum Gasteiger partial charge on any atom is -0.392 e. The first-order valence-electron chi connectivity index (χ1n) is 12.0. The smallest absolute Gasteiger partial charge is 0.392 e. The van der Waals surface area contributed by atoms with Gasteiger partial charge in [-0.05, 0) is 59.3 Å². The van der Waals surface area contributed by atoms with Crippen LogP contribution in [0.1, 0.15) is 28.5 Å². The molecule has 0 saturated carbocycles. The van der Waals surface area contributed by atoms with Crippen LogP contribution < -0.4 is 0 Å². The summed E-state index contributed by atoms with van der Waals surface area (Å²) >= 11 is 1.46. The fourth-order valence-electron chi connectivity index (χ4n) is 4.26. The predicted molar refractivity (Wildman–Crippen MR) is 154 cm³/mol. The molecule has 39 heavy (non-hydrogen) atoms. The Hall–Kier alpha value is -2.76. The Morgan fingerprint density at radius 3 is 2.28 bits per heavy atom. The molecule has 0 aliphatic heterocycles. The van der Waals surface area contributed by atoms with Crippen molar-refractivity contribution in [2.24, 2.45) is 0 Å². The van der Waals surface area contributed by atoms with Crippen molar-refractivity contribution in [2.75, 3.05) is 6.26 Å². The van der Waals surface area contributed by atoms with Crippen LogP contribution in [0.15, 0.2) is 94.7 Å². The Kier molecular flexibility index (Phi) is 9.13. The SMILES string of the molecule is C/C=S(\c1ccccc1C(F)(F)F)N(Cc1ccccc1)Cc1ccc(-c2ccc(CO)c(S(C)(=O)=O)c2)s1. The molecule has 1 N–H and O–H groups in total. The maximum absolute atomic E-state index is 13.9. The van der Waals surface area contributed by atoms with E-state index in [1.807, 2.05) is 52.1 Å². The molecule has 4 rings (SSSR count). The molecule has 1 heterocycles. The third kappa shape index (κ3) is 7.06. The summed E-state index contributed by atoms with van der Waals surface area (Å²) in [7, 11) is -4.50. The van der Waals surface area contributed by atoms with Gasteiger partial charge in [-0.15, -0.1) is 11.3 Å². The lowest BCUT2D eigenvalue weighted by molar-refractivity contribution is -0.139. The second kappa shape index (κ2) is 12.2. The summed E-state index contributed by atoms with van der Waals surface area (Å²) in [5.41, 5.74) is 1.36. The summed E-state index contributed by atoms with van der Waals surface area (Å²) in [6.45, 7) is 2.23. The number of nitrogens with zero attached hydrogens (tertiary/aromatic N) is 1. The van der Waals surface area contributed by atoms with Crippen LogP contribution in [0.4, 0.5) is 13.2 Å². The number of sulfone groups is 1. The van der Waals surface area contributed by atoms with E-state index in [0.29, 0.717) is 24.2 Å². The van der Waals surface area contributed by atoms with Crippen LogP contribution in [-0.4, -0.2) is 29.5 Å². The fourth-order valence-corrected chi connectivity index (χ4v) is 8.33. The lowest BCUT2D eigenvalue weighted by Crippen LogP contribution is -2.19. The molecule has 4 aromatic rings. The van der Waals surface area contributed by atoms with Gasteiger partial charge in [-0.2, -0.15) is 13.2 Å². The largest absolute Gasteiger partial charge is 0.417 e. The van der Waals surface area contributed by atoms with Gasteiger partial charge in [0.1, 0.15) is 0 Å². The van der Waals surface area contributed by atoms with E-state index in [1.165, 1.54) is 17.4 Å². The number of aliphatic hydroxyl groups excluding tert-OH is 1. The Morgan fingerprint density at radius 1 is 0.949 bits per heavy atom. The average molecular weight is 592 g/mol. The third-order valence-electron chi connectivity index (χ3n) is 6.04. The second-order valence-corrected chi connectivity index (χ2v) is 14.1.